The first kappa shape index (κ1) is 15.8. The maximum absolute atomic E-state index is 12.0. The lowest BCUT2D eigenvalue weighted by Gasteiger charge is -2.07. The van der Waals surface area contributed by atoms with E-state index in [9.17, 15) is 9.59 Å². The van der Waals surface area contributed by atoms with E-state index in [0.717, 1.165) is 16.7 Å². The van der Waals surface area contributed by atoms with Gasteiger partial charge in [0, 0.05) is 0 Å². The van der Waals surface area contributed by atoms with Gasteiger partial charge in [-0.15, -0.1) is 0 Å². The standard InChI is InChI=1S/C17H19NO4/c1-10-4-5-11(2)13(6-10)7-16(19)18-9-14-8-15(17(20)21)12(3)22-14/h4-6,8H,7,9H2,1-3H3,(H,18,19)(H,20,21). The first-order valence-electron chi connectivity index (χ1n) is 7.02. The average Bonchev–Trinajstić information content (AvgIpc) is 2.82. The second kappa shape index (κ2) is 6.47. The fourth-order valence-corrected chi connectivity index (χ4v) is 2.26. The molecule has 116 valence electrons. The van der Waals surface area contributed by atoms with Crippen LogP contribution in [0.15, 0.2) is 28.7 Å². The van der Waals surface area contributed by atoms with E-state index in [1.807, 2.05) is 32.0 Å². The van der Waals surface area contributed by atoms with Crippen LogP contribution >= 0.6 is 0 Å². The summed E-state index contributed by atoms with van der Waals surface area (Å²) in [5, 5.41) is 11.7. The van der Waals surface area contributed by atoms with Crippen molar-refractivity contribution >= 4 is 11.9 Å². The van der Waals surface area contributed by atoms with Crippen LogP contribution in [0.1, 0.15) is 38.6 Å². The second-order valence-electron chi connectivity index (χ2n) is 5.37. The Morgan fingerprint density at radius 1 is 1.18 bits per heavy atom. The van der Waals surface area contributed by atoms with Gasteiger partial charge in [-0.2, -0.15) is 0 Å². The molecule has 5 heteroatoms. The Morgan fingerprint density at radius 2 is 1.91 bits per heavy atom. The Bertz CT molecular complexity index is 715. The Labute approximate surface area is 129 Å². The van der Waals surface area contributed by atoms with Crippen molar-refractivity contribution in [2.24, 2.45) is 0 Å². The summed E-state index contributed by atoms with van der Waals surface area (Å²) in [5.74, 6) is -0.385. The van der Waals surface area contributed by atoms with Crippen LogP contribution in [0.2, 0.25) is 0 Å². The molecule has 0 atom stereocenters. The van der Waals surface area contributed by atoms with Crippen LogP contribution in [0.4, 0.5) is 0 Å². The van der Waals surface area contributed by atoms with E-state index < -0.39 is 5.97 Å². The molecule has 1 heterocycles. The van der Waals surface area contributed by atoms with Crippen LogP contribution in [0.25, 0.3) is 0 Å². The first-order chi connectivity index (χ1) is 10.4. The Hall–Kier alpha value is -2.56. The summed E-state index contributed by atoms with van der Waals surface area (Å²) in [5.41, 5.74) is 3.29. The molecule has 0 saturated heterocycles. The zero-order valence-electron chi connectivity index (χ0n) is 12.9. The molecular weight excluding hydrogens is 282 g/mol. The molecule has 0 aliphatic rings. The van der Waals surface area contributed by atoms with Crippen molar-refractivity contribution in [2.75, 3.05) is 0 Å². The lowest BCUT2D eigenvalue weighted by molar-refractivity contribution is -0.120. The van der Waals surface area contributed by atoms with Crippen molar-refractivity contribution in [3.8, 4) is 0 Å². The smallest absolute Gasteiger partial charge is 0.339 e. The van der Waals surface area contributed by atoms with E-state index in [-0.39, 0.29) is 18.0 Å². The number of carboxylic acids is 1. The maximum Gasteiger partial charge on any atom is 0.339 e. The molecule has 1 amide bonds. The molecule has 0 unspecified atom stereocenters. The quantitative estimate of drug-likeness (QED) is 0.890. The number of carboxylic acid groups (broad SMARTS) is 1. The highest BCUT2D eigenvalue weighted by atomic mass is 16.4. The van der Waals surface area contributed by atoms with Gasteiger partial charge >= 0.3 is 5.97 Å². The zero-order chi connectivity index (χ0) is 16.3. The van der Waals surface area contributed by atoms with Crippen molar-refractivity contribution in [3.63, 3.8) is 0 Å². The molecule has 1 aromatic carbocycles. The van der Waals surface area contributed by atoms with Gasteiger partial charge in [0.25, 0.3) is 0 Å². The Kier molecular flexibility index (Phi) is 4.65. The lowest BCUT2D eigenvalue weighted by atomic mass is 10.0. The number of nitrogens with one attached hydrogen (secondary N) is 1. The maximum atomic E-state index is 12.0. The molecule has 2 N–H and O–H groups in total. The monoisotopic (exact) mass is 301 g/mol. The summed E-state index contributed by atoms with van der Waals surface area (Å²) in [6, 6.07) is 7.44. The highest BCUT2D eigenvalue weighted by Crippen LogP contribution is 2.15. The third-order valence-corrected chi connectivity index (χ3v) is 3.51. The average molecular weight is 301 g/mol. The van der Waals surface area contributed by atoms with Gasteiger partial charge in [0.05, 0.1) is 13.0 Å². The third-order valence-electron chi connectivity index (χ3n) is 3.51. The fourth-order valence-electron chi connectivity index (χ4n) is 2.26. The van der Waals surface area contributed by atoms with Crippen molar-refractivity contribution in [1.29, 1.82) is 0 Å². The summed E-state index contributed by atoms with van der Waals surface area (Å²) >= 11 is 0. The number of hydrogen-bond donors (Lipinski definition) is 2. The summed E-state index contributed by atoms with van der Waals surface area (Å²) in [6.07, 6.45) is 0.291. The largest absolute Gasteiger partial charge is 0.478 e. The number of aryl methyl sites for hydroxylation is 3. The summed E-state index contributed by atoms with van der Waals surface area (Å²) in [4.78, 5) is 22.9. The SMILES string of the molecule is Cc1ccc(C)c(CC(=O)NCc2cc(C(=O)O)c(C)o2)c1. The fraction of sp³-hybridized carbons (Fsp3) is 0.294. The van der Waals surface area contributed by atoms with Crippen molar-refractivity contribution < 1.29 is 19.1 Å². The molecule has 2 aromatic rings. The first-order valence-corrected chi connectivity index (χ1v) is 7.02. The normalized spacial score (nSPS) is 10.5. The number of furan rings is 1. The number of rotatable bonds is 5. The second-order valence-corrected chi connectivity index (χ2v) is 5.37. The number of benzene rings is 1. The van der Waals surface area contributed by atoms with E-state index in [1.165, 1.54) is 6.07 Å². The highest BCUT2D eigenvalue weighted by Gasteiger charge is 2.14. The van der Waals surface area contributed by atoms with E-state index in [0.29, 0.717) is 17.9 Å². The van der Waals surface area contributed by atoms with E-state index in [1.54, 1.807) is 6.92 Å². The van der Waals surface area contributed by atoms with Gasteiger partial charge in [-0.3, -0.25) is 4.79 Å². The third kappa shape index (κ3) is 3.75. The summed E-state index contributed by atoms with van der Waals surface area (Å²) < 4.78 is 5.32. The van der Waals surface area contributed by atoms with Crippen molar-refractivity contribution in [3.05, 3.63) is 58.0 Å². The van der Waals surface area contributed by atoms with Gasteiger partial charge < -0.3 is 14.8 Å². The summed E-state index contributed by atoms with van der Waals surface area (Å²) in [6.45, 7) is 5.72. The molecule has 0 aliphatic carbocycles. The Morgan fingerprint density at radius 3 is 2.55 bits per heavy atom. The predicted octanol–water partition coefficient (Wildman–Crippen LogP) is 2.76. The molecule has 0 radical (unpaired) electrons. The number of carbonyl (C=O) groups is 2. The van der Waals surface area contributed by atoms with E-state index >= 15 is 0 Å². The summed E-state index contributed by atoms with van der Waals surface area (Å²) in [7, 11) is 0. The van der Waals surface area contributed by atoms with Gasteiger partial charge in [0.15, 0.2) is 0 Å². The molecule has 1 aromatic heterocycles. The van der Waals surface area contributed by atoms with Gasteiger partial charge in [-0.25, -0.2) is 4.79 Å². The lowest BCUT2D eigenvalue weighted by Crippen LogP contribution is -2.24. The number of aromatic carboxylic acids is 1. The van der Waals surface area contributed by atoms with E-state index in [4.69, 9.17) is 9.52 Å². The predicted molar refractivity (Wildman–Crippen MR) is 81.9 cm³/mol. The minimum Gasteiger partial charge on any atom is -0.478 e. The van der Waals surface area contributed by atoms with Crippen LogP contribution in [0.5, 0.6) is 0 Å². The zero-order valence-corrected chi connectivity index (χ0v) is 12.9. The number of amides is 1. The van der Waals surface area contributed by atoms with Gasteiger partial charge in [0.1, 0.15) is 17.1 Å². The molecule has 2 rings (SSSR count). The minimum absolute atomic E-state index is 0.124. The molecule has 0 saturated carbocycles. The molecule has 0 spiro atoms. The van der Waals surface area contributed by atoms with Gasteiger partial charge in [-0.1, -0.05) is 23.8 Å². The van der Waals surface area contributed by atoms with Crippen LogP contribution in [0.3, 0.4) is 0 Å². The van der Waals surface area contributed by atoms with Crippen molar-refractivity contribution in [1.82, 2.24) is 5.32 Å². The Balaban J connectivity index is 1.97. The van der Waals surface area contributed by atoms with Gasteiger partial charge in [-0.05, 0) is 38.0 Å². The molecule has 5 nitrogen and oxygen atoms in total. The van der Waals surface area contributed by atoms with Crippen LogP contribution in [-0.2, 0) is 17.8 Å². The topological polar surface area (TPSA) is 79.5 Å². The molecular formula is C17H19NO4. The molecule has 22 heavy (non-hydrogen) atoms. The van der Waals surface area contributed by atoms with Crippen LogP contribution in [0, 0.1) is 20.8 Å². The molecule has 0 fully saturated rings. The number of carbonyl (C=O) groups excluding carboxylic acids is 1. The highest BCUT2D eigenvalue weighted by molar-refractivity contribution is 5.88. The number of hydrogen-bond acceptors (Lipinski definition) is 3. The van der Waals surface area contributed by atoms with Gasteiger partial charge in [0.2, 0.25) is 5.91 Å². The van der Waals surface area contributed by atoms with Crippen LogP contribution < -0.4 is 5.32 Å². The molecule has 0 aliphatic heterocycles. The van der Waals surface area contributed by atoms with Crippen molar-refractivity contribution in [2.45, 2.75) is 33.7 Å². The van der Waals surface area contributed by atoms with E-state index in [2.05, 4.69) is 5.32 Å². The van der Waals surface area contributed by atoms with Crippen LogP contribution in [-0.4, -0.2) is 17.0 Å². The minimum atomic E-state index is -1.03. The molecule has 0 bridgehead atoms.